The molecule has 0 fully saturated rings. The summed E-state index contributed by atoms with van der Waals surface area (Å²) in [5.74, 6) is 0. The molecule has 0 saturated carbocycles. The summed E-state index contributed by atoms with van der Waals surface area (Å²) in [5.41, 5.74) is 13.6. The number of hydrogen-bond acceptors (Lipinski definition) is 1. The minimum absolute atomic E-state index is 0.499. The fraction of sp³-hybridized carbons (Fsp3) is 0. The summed E-state index contributed by atoms with van der Waals surface area (Å²) in [4.78, 5) is 0. The van der Waals surface area contributed by atoms with E-state index in [1.807, 2.05) is 0 Å². The molecule has 1 aromatic carbocycles. The van der Waals surface area contributed by atoms with Crippen molar-refractivity contribution in [2.45, 2.75) is 0 Å². The molecule has 0 aliphatic heterocycles. The summed E-state index contributed by atoms with van der Waals surface area (Å²) in [5, 5.41) is 0. The Bertz CT molecular complexity index is 145. The van der Waals surface area contributed by atoms with Gasteiger partial charge in [0.2, 0.25) is 0 Å². The monoisotopic (exact) mass is 107 g/mol. The van der Waals surface area contributed by atoms with Gasteiger partial charge in [0.05, 0.1) is 5.69 Å². The molecule has 41 valence electrons. The van der Waals surface area contributed by atoms with Crippen LogP contribution in [0.15, 0.2) is 24.3 Å². The third kappa shape index (κ3) is 0.904. The molecule has 0 aromatic heterocycles. The lowest BCUT2D eigenvalue weighted by Gasteiger charge is -1.89. The van der Waals surface area contributed by atoms with Gasteiger partial charge >= 0.3 is 0 Å². The van der Waals surface area contributed by atoms with E-state index in [1.165, 1.54) is 0 Å². The molecule has 0 unspecified atom stereocenters. The second kappa shape index (κ2) is 1.74. The van der Waals surface area contributed by atoms with Gasteiger partial charge < -0.3 is 11.5 Å². The normalized spacial score (nSPS) is 9.00. The van der Waals surface area contributed by atoms with Gasteiger partial charge in [0.15, 0.2) is 0 Å². The van der Waals surface area contributed by atoms with E-state index in [9.17, 15) is 0 Å². The maximum Gasteiger partial charge on any atom is 0.0541 e. The van der Waals surface area contributed by atoms with Crippen LogP contribution < -0.4 is 11.5 Å². The molecular formula is C6H7N2. The van der Waals surface area contributed by atoms with Crippen molar-refractivity contribution in [1.82, 2.24) is 5.73 Å². The van der Waals surface area contributed by atoms with Gasteiger partial charge in [-0.15, -0.1) is 0 Å². The van der Waals surface area contributed by atoms with Crippen LogP contribution >= 0.6 is 0 Å². The van der Waals surface area contributed by atoms with Crippen LogP contribution in [0.5, 0.6) is 0 Å². The van der Waals surface area contributed by atoms with E-state index in [0.29, 0.717) is 11.4 Å². The van der Waals surface area contributed by atoms with Crippen molar-refractivity contribution in [2.24, 2.45) is 0 Å². The van der Waals surface area contributed by atoms with Crippen LogP contribution in [0.3, 0.4) is 0 Å². The van der Waals surface area contributed by atoms with Crippen molar-refractivity contribution in [3.8, 4) is 0 Å². The first-order valence-electron chi connectivity index (χ1n) is 2.36. The number of hydrogen-bond donors (Lipinski definition) is 1. The fourth-order valence-electron chi connectivity index (χ4n) is 0.483. The van der Waals surface area contributed by atoms with Crippen LogP contribution in [0.1, 0.15) is 0 Å². The molecule has 0 aliphatic rings. The van der Waals surface area contributed by atoms with Crippen LogP contribution in [0.25, 0.3) is 0 Å². The third-order valence-corrected chi connectivity index (χ3v) is 0.911. The lowest BCUT2D eigenvalue weighted by atomic mass is 10.3. The van der Waals surface area contributed by atoms with Gasteiger partial charge in [0.25, 0.3) is 0 Å². The summed E-state index contributed by atoms with van der Waals surface area (Å²) in [6.45, 7) is 0. The van der Waals surface area contributed by atoms with E-state index >= 15 is 0 Å². The number of nitrogens with two attached hydrogens (primary N) is 1. The second-order valence-electron chi connectivity index (χ2n) is 1.62. The number of nitrogens with one attached hydrogen (secondary N) is 1. The first-order chi connectivity index (χ1) is 3.79. The Labute approximate surface area is 48.1 Å². The molecular weight excluding hydrogens is 100 g/mol. The SMILES string of the molecule is [NH]c1ccc(N)cc1. The molecule has 1 radical (unpaired) electrons. The molecule has 0 heterocycles. The van der Waals surface area contributed by atoms with E-state index in [1.54, 1.807) is 24.3 Å². The first kappa shape index (κ1) is 4.97. The highest BCUT2D eigenvalue weighted by Gasteiger charge is 1.81. The van der Waals surface area contributed by atoms with Gasteiger partial charge in [-0.25, -0.2) is 0 Å². The summed E-state index contributed by atoms with van der Waals surface area (Å²) in [7, 11) is 0. The van der Waals surface area contributed by atoms with Crippen molar-refractivity contribution in [2.75, 3.05) is 5.73 Å². The Hall–Kier alpha value is -1.18. The molecule has 2 heteroatoms. The first-order valence-corrected chi connectivity index (χ1v) is 2.36. The van der Waals surface area contributed by atoms with Gasteiger partial charge in [-0.1, -0.05) is 0 Å². The molecule has 0 bridgehead atoms. The average Bonchev–Trinajstić information content (AvgIpc) is 1.77. The zero-order valence-electron chi connectivity index (χ0n) is 4.39. The zero-order chi connectivity index (χ0) is 5.98. The molecule has 1 rings (SSSR count). The van der Waals surface area contributed by atoms with Gasteiger partial charge in [-0.05, 0) is 24.3 Å². The standard InChI is InChI=1S/C6H7N2/c7-5-1-2-6(8)4-3-5/h1-4,7H,8H2. The Kier molecular flexibility index (Phi) is 1.08. The highest BCUT2D eigenvalue weighted by Crippen LogP contribution is 2.06. The summed E-state index contributed by atoms with van der Waals surface area (Å²) in [6.07, 6.45) is 0. The maximum absolute atomic E-state index is 7.04. The summed E-state index contributed by atoms with van der Waals surface area (Å²) >= 11 is 0. The van der Waals surface area contributed by atoms with Crippen molar-refractivity contribution in [1.29, 1.82) is 0 Å². The number of anilines is 1. The van der Waals surface area contributed by atoms with E-state index in [2.05, 4.69) is 0 Å². The third-order valence-electron chi connectivity index (χ3n) is 0.911. The van der Waals surface area contributed by atoms with Crippen LogP contribution in [-0.4, -0.2) is 0 Å². The number of benzene rings is 1. The molecule has 0 saturated heterocycles. The van der Waals surface area contributed by atoms with E-state index < -0.39 is 0 Å². The number of nitrogen functional groups attached to an aromatic ring is 1. The zero-order valence-corrected chi connectivity index (χ0v) is 4.39. The second-order valence-corrected chi connectivity index (χ2v) is 1.62. The molecule has 0 atom stereocenters. The highest BCUT2D eigenvalue weighted by atomic mass is 14.6. The van der Waals surface area contributed by atoms with E-state index in [4.69, 9.17) is 11.5 Å². The molecule has 0 amide bonds. The predicted octanol–water partition coefficient (Wildman–Crippen LogP) is 1.18. The number of rotatable bonds is 0. The summed E-state index contributed by atoms with van der Waals surface area (Å²) in [6, 6.07) is 6.75. The van der Waals surface area contributed by atoms with E-state index in [0.717, 1.165) is 0 Å². The molecule has 3 N–H and O–H groups in total. The molecule has 8 heavy (non-hydrogen) atoms. The Morgan fingerprint density at radius 2 is 1.62 bits per heavy atom. The molecule has 1 aromatic rings. The van der Waals surface area contributed by atoms with Gasteiger partial charge in [-0.2, -0.15) is 0 Å². The average molecular weight is 107 g/mol. The molecule has 0 spiro atoms. The van der Waals surface area contributed by atoms with E-state index in [-0.39, 0.29) is 0 Å². The van der Waals surface area contributed by atoms with Crippen molar-refractivity contribution < 1.29 is 0 Å². The predicted molar refractivity (Wildman–Crippen MR) is 33.6 cm³/mol. The quantitative estimate of drug-likeness (QED) is 0.497. The fourth-order valence-corrected chi connectivity index (χ4v) is 0.483. The minimum Gasteiger partial charge on any atom is -0.399 e. The molecule has 0 aliphatic carbocycles. The smallest absolute Gasteiger partial charge is 0.0541 e. The lowest BCUT2D eigenvalue weighted by molar-refractivity contribution is 1.49. The van der Waals surface area contributed by atoms with Crippen LogP contribution in [0.4, 0.5) is 11.4 Å². The van der Waals surface area contributed by atoms with Gasteiger partial charge in [-0.3, -0.25) is 0 Å². The van der Waals surface area contributed by atoms with Gasteiger partial charge in [0.1, 0.15) is 0 Å². The highest BCUT2D eigenvalue weighted by molar-refractivity contribution is 5.45. The maximum atomic E-state index is 7.04. The van der Waals surface area contributed by atoms with Crippen molar-refractivity contribution >= 4 is 11.4 Å². The van der Waals surface area contributed by atoms with Crippen LogP contribution in [0, 0.1) is 0 Å². The van der Waals surface area contributed by atoms with Gasteiger partial charge in [0, 0.05) is 5.69 Å². The minimum atomic E-state index is 0.499. The Morgan fingerprint density at radius 3 is 2.00 bits per heavy atom. The lowest BCUT2D eigenvalue weighted by Crippen LogP contribution is -1.81. The Morgan fingerprint density at radius 1 is 1.12 bits per heavy atom. The Balaban J connectivity index is 3.03. The topological polar surface area (TPSA) is 49.8 Å². The summed E-state index contributed by atoms with van der Waals surface area (Å²) < 4.78 is 0. The van der Waals surface area contributed by atoms with Crippen LogP contribution in [0.2, 0.25) is 0 Å². The largest absolute Gasteiger partial charge is 0.399 e. The molecule has 2 nitrogen and oxygen atoms in total. The van der Waals surface area contributed by atoms with Crippen molar-refractivity contribution in [3.05, 3.63) is 24.3 Å². The van der Waals surface area contributed by atoms with Crippen LogP contribution in [-0.2, 0) is 0 Å². The van der Waals surface area contributed by atoms with Crippen molar-refractivity contribution in [3.63, 3.8) is 0 Å².